The van der Waals surface area contributed by atoms with Gasteiger partial charge in [-0.15, -0.1) is 0 Å². The summed E-state index contributed by atoms with van der Waals surface area (Å²) in [6.07, 6.45) is -0.112. The number of aromatic hydroxyl groups is 1. The number of aryl methyl sites for hydroxylation is 1. The number of carbonyl (C=O) groups is 3. The minimum Gasteiger partial charge on any atom is -0.508 e. The van der Waals surface area contributed by atoms with Gasteiger partial charge in [-0.05, 0) is 83.3 Å². The van der Waals surface area contributed by atoms with Gasteiger partial charge in [-0.2, -0.15) is 0 Å². The average Bonchev–Trinajstić information content (AvgIpc) is 2.96. The maximum Gasteiger partial charge on any atom is 0.255 e. The number of rotatable bonds is 6. The van der Waals surface area contributed by atoms with Crippen LogP contribution in [0, 0.1) is 24.6 Å². The molecule has 1 saturated carbocycles. The lowest BCUT2D eigenvalue weighted by molar-refractivity contribution is -0.147. The van der Waals surface area contributed by atoms with Crippen LogP contribution >= 0.6 is 0 Å². The van der Waals surface area contributed by atoms with E-state index in [9.17, 15) is 39.2 Å². The Hall–Kier alpha value is -4.80. The Morgan fingerprint density at radius 3 is 2.43 bits per heavy atom. The highest BCUT2D eigenvalue weighted by atomic mass is 19.1. The molecule has 226 valence electrons. The third kappa shape index (κ3) is 4.58. The number of nitrogens with one attached hydrogen (secondary N) is 1. The Bertz CT molecular complexity index is 1830. The van der Waals surface area contributed by atoms with Crippen molar-refractivity contribution in [1.29, 1.82) is 0 Å². The fourth-order valence-corrected chi connectivity index (χ4v) is 6.94. The van der Waals surface area contributed by atoms with Crippen LogP contribution in [-0.2, 0) is 33.9 Å². The smallest absolute Gasteiger partial charge is 0.255 e. The Morgan fingerprint density at radius 1 is 1.00 bits per heavy atom. The second kappa shape index (κ2) is 10.7. The van der Waals surface area contributed by atoms with E-state index in [1.54, 1.807) is 12.1 Å². The normalized spacial score (nSPS) is 22.9. The fraction of sp³-hybridized carbons (Fsp3) is 0.265. The molecule has 0 spiro atoms. The molecule has 0 radical (unpaired) electrons. The van der Waals surface area contributed by atoms with E-state index in [0.29, 0.717) is 18.7 Å². The lowest BCUT2D eigenvalue weighted by Crippen LogP contribution is -2.58. The molecule has 0 bridgehead atoms. The summed E-state index contributed by atoms with van der Waals surface area (Å²) in [5.74, 6) is -6.92. The fourth-order valence-electron chi connectivity index (χ4n) is 6.94. The number of hydrogen-bond donors (Lipinski definition) is 6. The standard InChI is InChI=1S/C34H31FN2O7/c1-16-5-6-18(15-37-14-17-3-2-4-21(35)9-17)10-23(16)22-7-8-25(38)28-24(22)12-19-11-20-13-26(39)29(33(36)43)32(42)34(20,44)31(41)27(19)30(28)40/h2-10,19-20,37-38,40,42,44H,11-15H2,1H3,(H2,36,43)/t19-,20+,34+/m1/s1. The monoisotopic (exact) mass is 598 g/mol. The SMILES string of the molecule is Cc1ccc(CNCc2cccc(F)c2)cc1-c1ccc(O)c2c1C[C@H]1C[C@H]3CC(=O)C(C(N)=O)=C(O)[C@@]3(O)C(=O)C1=C2O. The zero-order valence-electron chi connectivity index (χ0n) is 23.9. The van der Waals surface area contributed by atoms with Crippen molar-refractivity contribution in [2.24, 2.45) is 17.6 Å². The zero-order chi connectivity index (χ0) is 31.5. The van der Waals surface area contributed by atoms with Crippen molar-refractivity contribution in [2.45, 2.75) is 44.9 Å². The topological polar surface area (TPSA) is 170 Å². The summed E-state index contributed by atoms with van der Waals surface area (Å²) in [7, 11) is 0. The molecule has 3 aromatic rings. The van der Waals surface area contributed by atoms with Crippen LogP contribution in [-0.4, -0.2) is 43.5 Å². The predicted octanol–water partition coefficient (Wildman–Crippen LogP) is 3.83. The van der Waals surface area contributed by atoms with Crippen molar-refractivity contribution in [3.63, 3.8) is 0 Å². The highest BCUT2D eigenvalue weighted by Crippen LogP contribution is 2.53. The number of ketones is 2. The largest absolute Gasteiger partial charge is 0.508 e. The molecule has 0 aliphatic heterocycles. The number of aliphatic hydroxyl groups is 3. The molecular formula is C34H31FN2O7. The summed E-state index contributed by atoms with van der Waals surface area (Å²) in [5, 5.41) is 47.9. The van der Waals surface area contributed by atoms with Crippen molar-refractivity contribution in [3.8, 4) is 16.9 Å². The number of carbonyl (C=O) groups excluding carboxylic acids is 3. The molecule has 0 saturated heterocycles. The molecule has 3 atom stereocenters. The minimum atomic E-state index is -2.60. The van der Waals surface area contributed by atoms with Crippen molar-refractivity contribution < 1.29 is 39.2 Å². The van der Waals surface area contributed by atoms with Crippen molar-refractivity contribution in [2.75, 3.05) is 0 Å². The van der Waals surface area contributed by atoms with Gasteiger partial charge in [0, 0.05) is 31.0 Å². The van der Waals surface area contributed by atoms with E-state index in [4.69, 9.17) is 5.73 Å². The molecule has 0 aromatic heterocycles. The first-order valence-corrected chi connectivity index (χ1v) is 14.3. The van der Waals surface area contributed by atoms with Crippen LogP contribution in [0.5, 0.6) is 5.75 Å². The molecule has 3 aliphatic carbocycles. The third-order valence-electron chi connectivity index (χ3n) is 9.09. The number of aliphatic hydroxyl groups excluding tert-OH is 2. The Balaban J connectivity index is 1.38. The second-order valence-electron chi connectivity index (χ2n) is 11.8. The summed E-state index contributed by atoms with van der Waals surface area (Å²) in [5.41, 5.74) is 6.57. The van der Waals surface area contributed by atoms with Crippen LogP contribution in [0.1, 0.15) is 40.7 Å². The third-order valence-corrected chi connectivity index (χ3v) is 9.09. The van der Waals surface area contributed by atoms with Crippen LogP contribution in [0.2, 0.25) is 0 Å². The van der Waals surface area contributed by atoms with Crippen molar-refractivity contribution in [3.05, 3.63) is 105 Å². The molecule has 10 heteroatoms. The van der Waals surface area contributed by atoms with Crippen LogP contribution in [0.15, 0.2) is 71.5 Å². The van der Waals surface area contributed by atoms with Crippen LogP contribution in [0.25, 0.3) is 16.9 Å². The van der Waals surface area contributed by atoms with Gasteiger partial charge in [-0.3, -0.25) is 14.4 Å². The van der Waals surface area contributed by atoms with Gasteiger partial charge >= 0.3 is 0 Å². The van der Waals surface area contributed by atoms with E-state index in [-0.39, 0.29) is 42.0 Å². The van der Waals surface area contributed by atoms with Crippen LogP contribution < -0.4 is 11.1 Å². The maximum absolute atomic E-state index is 13.8. The number of Topliss-reactive ketones (excluding diaryl/α,β-unsaturated/α-hetero) is 2. The molecule has 3 aliphatic rings. The number of halogens is 1. The summed E-state index contributed by atoms with van der Waals surface area (Å²) >= 11 is 0. The van der Waals surface area contributed by atoms with Gasteiger partial charge < -0.3 is 31.5 Å². The molecule has 44 heavy (non-hydrogen) atoms. The van der Waals surface area contributed by atoms with Gasteiger partial charge in [0.25, 0.3) is 5.91 Å². The first kappa shape index (κ1) is 29.3. The van der Waals surface area contributed by atoms with E-state index in [0.717, 1.165) is 27.8 Å². The number of benzene rings is 3. The summed E-state index contributed by atoms with van der Waals surface area (Å²) in [4.78, 5) is 38.3. The number of hydrogen-bond acceptors (Lipinski definition) is 8. The molecule has 0 heterocycles. The lowest BCUT2D eigenvalue weighted by atomic mass is 9.59. The maximum atomic E-state index is 13.8. The van der Waals surface area contributed by atoms with E-state index in [1.165, 1.54) is 18.2 Å². The van der Waals surface area contributed by atoms with Crippen molar-refractivity contribution >= 4 is 23.2 Å². The first-order valence-electron chi connectivity index (χ1n) is 14.3. The Kier molecular flexibility index (Phi) is 7.14. The average molecular weight is 599 g/mol. The number of phenols is 1. The molecule has 6 rings (SSSR count). The molecule has 7 N–H and O–H groups in total. The Morgan fingerprint density at radius 2 is 1.73 bits per heavy atom. The number of fused-ring (bicyclic) bond motifs is 3. The van der Waals surface area contributed by atoms with Crippen LogP contribution in [0.4, 0.5) is 4.39 Å². The summed E-state index contributed by atoms with van der Waals surface area (Å²) < 4.78 is 13.6. The van der Waals surface area contributed by atoms with Gasteiger partial charge in [0.2, 0.25) is 5.78 Å². The lowest BCUT2D eigenvalue weighted by Gasteiger charge is -2.46. The minimum absolute atomic E-state index is 0.0451. The predicted molar refractivity (Wildman–Crippen MR) is 159 cm³/mol. The molecule has 1 fully saturated rings. The zero-order valence-corrected chi connectivity index (χ0v) is 23.9. The molecule has 0 unspecified atom stereocenters. The van der Waals surface area contributed by atoms with Gasteiger partial charge in [0.15, 0.2) is 11.4 Å². The number of phenolic OH excluding ortho intramolecular Hbond substituents is 1. The van der Waals surface area contributed by atoms with Gasteiger partial charge in [0.05, 0.1) is 5.56 Å². The summed E-state index contributed by atoms with van der Waals surface area (Å²) in [6.45, 7) is 2.90. The molecule has 3 aromatic carbocycles. The van der Waals surface area contributed by atoms with E-state index < -0.39 is 52.0 Å². The van der Waals surface area contributed by atoms with Gasteiger partial charge in [-0.25, -0.2) is 4.39 Å². The number of primary amides is 1. The molecule has 9 nitrogen and oxygen atoms in total. The highest BCUT2D eigenvalue weighted by Gasteiger charge is 2.60. The van der Waals surface area contributed by atoms with E-state index >= 15 is 0 Å². The number of nitrogens with two attached hydrogens (primary N) is 1. The van der Waals surface area contributed by atoms with Gasteiger partial charge in [0.1, 0.15) is 28.7 Å². The number of amides is 1. The van der Waals surface area contributed by atoms with E-state index in [1.807, 2.05) is 31.2 Å². The van der Waals surface area contributed by atoms with Crippen LogP contribution in [0.3, 0.4) is 0 Å². The highest BCUT2D eigenvalue weighted by molar-refractivity contribution is 6.22. The second-order valence-corrected chi connectivity index (χ2v) is 11.8. The summed E-state index contributed by atoms with van der Waals surface area (Å²) in [6, 6.07) is 15.5. The quantitative estimate of drug-likeness (QED) is 0.233. The molecule has 1 amide bonds. The van der Waals surface area contributed by atoms with Gasteiger partial charge in [-0.1, -0.05) is 30.3 Å². The molecular weight excluding hydrogens is 567 g/mol. The van der Waals surface area contributed by atoms with E-state index in [2.05, 4.69) is 5.32 Å². The Labute approximate surface area is 252 Å². The first-order chi connectivity index (χ1) is 20.9. The van der Waals surface area contributed by atoms with Crippen molar-refractivity contribution in [1.82, 2.24) is 5.32 Å².